The third-order valence-corrected chi connectivity index (χ3v) is 5.51. The normalized spacial score (nSPS) is 35.7. The van der Waals surface area contributed by atoms with Crippen molar-refractivity contribution in [3.8, 4) is 0 Å². The van der Waals surface area contributed by atoms with Gasteiger partial charge in [-0.15, -0.1) is 0 Å². The third kappa shape index (κ3) is 1.84. The second-order valence-electron chi connectivity index (χ2n) is 6.00. The van der Waals surface area contributed by atoms with Gasteiger partial charge in [-0.05, 0) is 53.7 Å². The van der Waals surface area contributed by atoms with Crippen LogP contribution in [0.3, 0.4) is 0 Å². The molecule has 0 atom stereocenters. The van der Waals surface area contributed by atoms with Crippen molar-refractivity contribution in [2.45, 2.75) is 49.9 Å². The first kappa shape index (κ1) is 11.9. The van der Waals surface area contributed by atoms with Gasteiger partial charge in [-0.2, -0.15) is 0 Å². The standard InChI is InChI=1S/C15H17BrN2O/c16-14-4-2-1-3-13(14)15(19)18-11-5-9-6-12(18)8-10(7-11)17-9/h1-4,9-12,17H,5-8H2. The molecule has 0 aliphatic carbocycles. The largest absolute Gasteiger partial charge is 0.332 e. The lowest BCUT2D eigenvalue weighted by atomic mass is 9.74. The molecular weight excluding hydrogens is 304 g/mol. The maximum Gasteiger partial charge on any atom is 0.255 e. The van der Waals surface area contributed by atoms with E-state index in [2.05, 4.69) is 26.1 Å². The summed E-state index contributed by atoms with van der Waals surface area (Å²) < 4.78 is 0.909. The van der Waals surface area contributed by atoms with Crippen LogP contribution in [0.2, 0.25) is 0 Å². The number of carbonyl (C=O) groups is 1. The van der Waals surface area contributed by atoms with Crippen LogP contribution in [0.5, 0.6) is 0 Å². The maximum atomic E-state index is 12.8. The first-order valence-electron chi connectivity index (χ1n) is 7.05. The molecule has 1 aromatic rings. The lowest BCUT2D eigenvalue weighted by Gasteiger charge is -2.56. The van der Waals surface area contributed by atoms with Gasteiger partial charge < -0.3 is 10.2 Å². The minimum atomic E-state index is 0.210. The van der Waals surface area contributed by atoms with Crippen LogP contribution >= 0.6 is 15.9 Å². The van der Waals surface area contributed by atoms with Gasteiger partial charge in [-0.25, -0.2) is 0 Å². The SMILES string of the molecule is O=C(c1ccccc1Br)N1C2CC3CC1CC(C2)N3. The van der Waals surface area contributed by atoms with Crippen LogP contribution in [0.4, 0.5) is 0 Å². The number of nitrogens with one attached hydrogen (secondary N) is 1. The van der Waals surface area contributed by atoms with E-state index in [1.807, 2.05) is 24.3 Å². The predicted octanol–water partition coefficient (Wildman–Crippen LogP) is 2.56. The second kappa shape index (κ2) is 4.32. The summed E-state index contributed by atoms with van der Waals surface area (Å²) in [6.45, 7) is 0. The molecule has 0 spiro atoms. The molecule has 1 amide bonds. The van der Waals surface area contributed by atoms with Crippen LogP contribution in [0, 0.1) is 0 Å². The highest BCUT2D eigenvalue weighted by molar-refractivity contribution is 9.10. The van der Waals surface area contributed by atoms with Crippen molar-refractivity contribution in [2.75, 3.05) is 0 Å². The molecule has 4 aliphatic rings. The van der Waals surface area contributed by atoms with E-state index in [1.54, 1.807) is 0 Å². The number of nitrogens with zero attached hydrogens (tertiary/aromatic N) is 1. The Labute approximate surface area is 121 Å². The van der Waals surface area contributed by atoms with Crippen molar-refractivity contribution in [2.24, 2.45) is 0 Å². The zero-order valence-electron chi connectivity index (χ0n) is 10.7. The molecule has 4 heteroatoms. The predicted molar refractivity (Wildman–Crippen MR) is 77.1 cm³/mol. The molecule has 19 heavy (non-hydrogen) atoms. The first-order valence-corrected chi connectivity index (χ1v) is 7.85. The average molecular weight is 321 g/mol. The summed E-state index contributed by atoms with van der Waals surface area (Å²) >= 11 is 3.50. The van der Waals surface area contributed by atoms with E-state index in [0.717, 1.165) is 35.7 Å². The lowest BCUT2D eigenvalue weighted by Crippen LogP contribution is -2.68. The van der Waals surface area contributed by atoms with Crippen molar-refractivity contribution in [1.29, 1.82) is 0 Å². The summed E-state index contributed by atoms with van der Waals surface area (Å²) in [7, 11) is 0. The molecule has 4 fully saturated rings. The van der Waals surface area contributed by atoms with Crippen LogP contribution in [0.25, 0.3) is 0 Å². The van der Waals surface area contributed by atoms with Gasteiger partial charge in [0.15, 0.2) is 0 Å². The minimum Gasteiger partial charge on any atom is -0.332 e. The van der Waals surface area contributed by atoms with Crippen molar-refractivity contribution in [3.05, 3.63) is 34.3 Å². The topological polar surface area (TPSA) is 32.3 Å². The Morgan fingerprint density at radius 1 is 1.11 bits per heavy atom. The summed E-state index contributed by atoms with van der Waals surface area (Å²) in [5.74, 6) is 0.210. The van der Waals surface area contributed by atoms with E-state index in [4.69, 9.17) is 0 Å². The molecule has 4 aliphatic heterocycles. The highest BCUT2D eigenvalue weighted by Crippen LogP contribution is 2.40. The van der Waals surface area contributed by atoms with Gasteiger partial charge in [-0.3, -0.25) is 4.79 Å². The fraction of sp³-hybridized carbons (Fsp3) is 0.533. The molecule has 5 rings (SSSR count). The summed E-state index contributed by atoms with van der Waals surface area (Å²) in [6.07, 6.45) is 4.51. The van der Waals surface area contributed by atoms with E-state index in [9.17, 15) is 4.79 Å². The lowest BCUT2D eigenvalue weighted by molar-refractivity contribution is -0.0173. The van der Waals surface area contributed by atoms with Crippen LogP contribution in [-0.2, 0) is 0 Å². The van der Waals surface area contributed by atoms with Gasteiger partial charge in [-0.1, -0.05) is 12.1 Å². The number of rotatable bonds is 1. The van der Waals surface area contributed by atoms with E-state index in [0.29, 0.717) is 24.2 Å². The Bertz CT molecular complexity index is 503. The average Bonchev–Trinajstić information content (AvgIpc) is 2.37. The van der Waals surface area contributed by atoms with Gasteiger partial charge in [0.2, 0.25) is 0 Å². The summed E-state index contributed by atoms with van der Waals surface area (Å²) in [4.78, 5) is 15.0. The van der Waals surface area contributed by atoms with Crippen molar-refractivity contribution < 1.29 is 4.79 Å². The molecule has 4 heterocycles. The smallest absolute Gasteiger partial charge is 0.255 e. The molecule has 100 valence electrons. The Hall–Kier alpha value is -0.870. The Kier molecular flexibility index (Phi) is 2.71. The summed E-state index contributed by atoms with van der Waals surface area (Å²) in [5, 5.41) is 3.68. The number of piperidine rings is 4. The van der Waals surface area contributed by atoms with Crippen molar-refractivity contribution in [3.63, 3.8) is 0 Å². The zero-order chi connectivity index (χ0) is 13.0. The zero-order valence-corrected chi connectivity index (χ0v) is 12.3. The highest BCUT2D eigenvalue weighted by atomic mass is 79.9. The van der Waals surface area contributed by atoms with E-state index < -0.39 is 0 Å². The second-order valence-corrected chi connectivity index (χ2v) is 6.86. The van der Waals surface area contributed by atoms with Crippen LogP contribution < -0.4 is 5.32 Å². The Morgan fingerprint density at radius 3 is 2.26 bits per heavy atom. The summed E-state index contributed by atoms with van der Waals surface area (Å²) in [6, 6.07) is 9.96. The van der Waals surface area contributed by atoms with Gasteiger partial charge in [0.25, 0.3) is 5.91 Å². The molecule has 4 saturated heterocycles. The van der Waals surface area contributed by atoms with E-state index >= 15 is 0 Å². The van der Waals surface area contributed by atoms with E-state index in [1.165, 1.54) is 0 Å². The molecule has 0 saturated carbocycles. The summed E-state index contributed by atoms with van der Waals surface area (Å²) in [5.41, 5.74) is 0.808. The molecule has 4 bridgehead atoms. The monoisotopic (exact) mass is 320 g/mol. The van der Waals surface area contributed by atoms with Crippen molar-refractivity contribution in [1.82, 2.24) is 10.2 Å². The minimum absolute atomic E-state index is 0.210. The molecule has 0 radical (unpaired) electrons. The van der Waals surface area contributed by atoms with Crippen LogP contribution in [0.1, 0.15) is 36.0 Å². The van der Waals surface area contributed by atoms with E-state index in [-0.39, 0.29) is 5.91 Å². The Morgan fingerprint density at radius 2 is 1.68 bits per heavy atom. The number of benzene rings is 1. The van der Waals surface area contributed by atoms with Crippen LogP contribution in [-0.4, -0.2) is 35.0 Å². The number of amides is 1. The van der Waals surface area contributed by atoms with Gasteiger partial charge >= 0.3 is 0 Å². The van der Waals surface area contributed by atoms with Crippen molar-refractivity contribution >= 4 is 21.8 Å². The number of hydrogen-bond acceptors (Lipinski definition) is 2. The maximum absolute atomic E-state index is 12.8. The Balaban J connectivity index is 1.66. The fourth-order valence-corrected chi connectivity index (χ4v) is 4.62. The van der Waals surface area contributed by atoms with Gasteiger partial charge in [0.1, 0.15) is 0 Å². The van der Waals surface area contributed by atoms with Gasteiger partial charge in [0.05, 0.1) is 5.56 Å². The molecule has 1 aromatic carbocycles. The fourth-order valence-electron chi connectivity index (χ4n) is 4.16. The highest BCUT2D eigenvalue weighted by Gasteiger charge is 2.48. The first-order chi connectivity index (χ1) is 9.22. The number of carbonyl (C=O) groups excluding carboxylic acids is 1. The third-order valence-electron chi connectivity index (χ3n) is 4.82. The van der Waals surface area contributed by atoms with Crippen LogP contribution in [0.15, 0.2) is 28.7 Å². The quantitative estimate of drug-likeness (QED) is 0.862. The number of halogens is 1. The molecular formula is C15H17BrN2O. The molecule has 1 N–H and O–H groups in total. The number of hydrogen-bond donors (Lipinski definition) is 1. The molecule has 0 unspecified atom stereocenters. The molecule has 3 nitrogen and oxygen atoms in total. The molecule has 0 aromatic heterocycles. The van der Waals surface area contributed by atoms with Gasteiger partial charge in [0, 0.05) is 28.6 Å².